The Bertz CT molecular complexity index is 795. The van der Waals surface area contributed by atoms with Gasteiger partial charge in [0.1, 0.15) is 35.9 Å². The number of carbonyl (C=O) groups excluding carboxylic acids is 1. The molecule has 5 atom stereocenters. The van der Waals surface area contributed by atoms with Crippen LogP contribution in [0, 0.1) is 0 Å². The SMILES string of the molecule is CN1CCN(Cc2c(O)cc(O)c3c2C(=O)O[C@@H]2[C@@H](O)[C@H](O)[C@@H](CO)O[C@@H]32)CC1. The molecule has 3 heterocycles. The summed E-state index contributed by atoms with van der Waals surface area (Å²) in [7, 11) is 2.02. The van der Waals surface area contributed by atoms with Crippen molar-refractivity contribution in [2.75, 3.05) is 39.8 Å². The van der Waals surface area contributed by atoms with Crippen LogP contribution in [-0.2, 0) is 16.0 Å². The predicted molar refractivity (Wildman–Crippen MR) is 98.5 cm³/mol. The Morgan fingerprint density at radius 3 is 2.45 bits per heavy atom. The molecule has 29 heavy (non-hydrogen) atoms. The highest BCUT2D eigenvalue weighted by Crippen LogP contribution is 2.46. The zero-order valence-corrected chi connectivity index (χ0v) is 16.1. The number of benzene rings is 1. The number of piperazine rings is 1. The highest BCUT2D eigenvalue weighted by Gasteiger charge is 2.52. The maximum Gasteiger partial charge on any atom is 0.339 e. The summed E-state index contributed by atoms with van der Waals surface area (Å²) < 4.78 is 11.0. The van der Waals surface area contributed by atoms with Gasteiger partial charge in [0.05, 0.1) is 12.2 Å². The number of likely N-dealkylation sites (N-methyl/N-ethyl adjacent to an activating group) is 1. The second kappa shape index (κ2) is 7.71. The second-order valence-electron chi connectivity index (χ2n) is 7.89. The fourth-order valence-corrected chi connectivity index (χ4v) is 4.26. The zero-order chi connectivity index (χ0) is 20.9. The summed E-state index contributed by atoms with van der Waals surface area (Å²) in [5.41, 5.74) is 0.413. The quantitative estimate of drug-likeness (QED) is 0.375. The van der Waals surface area contributed by atoms with E-state index < -0.39 is 43.1 Å². The number of phenols is 2. The number of hydrogen-bond acceptors (Lipinski definition) is 10. The van der Waals surface area contributed by atoms with Crippen molar-refractivity contribution < 1.29 is 39.8 Å². The molecule has 3 aliphatic rings. The first-order chi connectivity index (χ1) is 13.8. The van der Waals surface area contributed by atoms with Crippen molar-refractivity contribution in [2.45, 2.75) is 37.1 Å². The minimum atomic E-state index is -1.49. The molecule has 0 radical (unpaired) electrons. The van der Waals surface area contributed by atoms with E-state index in [1.807, 2.05) is 7.05 Å². The van der Waals surface area contributed by atoms with Gasteiger partial charge in [-0.3, -0.25) is 4.90 Å². The van der Waals surface area contributed by atoms with E-state index in [4.69, 9.17) is 9.47 Å². The molecule has 160 valence electrons. The van der Waals surface area contributed by atoms with Gasteiger partial charge in [0.2, 0.25) is 0 Å². The zero-order valence-electron chi connectivity index (χ0n) is 16.1. The van der Waals surface area contributed by atoms with Gasteiger partial charge in [0.15, 0.2) is 6.10 Å². The molecule has 1 aromatic rings. The molecular formula is C19H26N2O8. The monoisotopic (exact) mass is 410 g/mol. The number of phenolic OH excluding ortho intramolecular Hbond substituents is 2. The van der Waals surface area contributed by atoms with Crippen molar-refractivity contribution in [1.82, 2.24) is 9.80 Å². The second-order valence-corrected chi connectivity index (χ2v) is 7.89. The van der Waals surface area contributed by atoms with Crippen molar-refractivity contribution in [3.05, 3.63) is 22.8 Å². The Hall–Kier alpha value is -1.95. The topological polar surface area (TPSA) is 143 Å². The fraction of sp³-hybridized carbons (Fsp3) is 0.632. The van der Waals surface area contributed by atoms with Crippen molar-refractivity contribution >= 4 is 5.97 Å². The van der Waals surface area contributed by atoms with Gasteiger partial charge in [-0.05, 0) is 7.05 Å². The van der Waals surface area contributed by atoms with Gasteiger partial charge in [0.25, 0.3) is 0 Å². The Balaban J connectivity index is 1.74. The maximum atomic E-state index is 12.8. The van der Waals surface area contributed by atoms with Crippen LogP contribution in [0.15, 0.2) is 6.07 Å². The van der Waals surface area contributed by atoms with E-state index in [1.165, 1.54) is 0 Å². The van der Waals surface area contributed by atoms with Gasteiger partial charge in [-0.15, -0.1) is 0 Å². The predicted octanol–water partition coefficient (Wildman–Crippen LogP) is -1.46. The molecule has 0 unspecified atom stereocenters. The average Bonchev–Trinajstić information content (AvgIpc) is 2.69. The van der Waals surface area contributed by atoms with Crippen molar-refractivity contribution in [3.8, 4) is 11.5 Å². The van der Waals surface area contributed by atoms with Crippen LogP contribution in [0.5, 0.6) is 11.5 Å². The molecule has 3 aliphatic heterocycles. The molecular weight excluding hydrogens is 384 g/mol. The van der Waals surface area contributed by atoms with Crippen LogP contribution >= 0.6 is 0 Å². The Morgan fingerprint density at radius 2 is 1.79 bits per heavy atom. The number of aliphatic hydroxyl groups is 3. The van der Waals surface area contributed by atoms with Gasteiger partial charge in [0, 0.05) is 49.9 Å². The molecule has 4 rings (SSSR count). The molecule has 10 heteroatoms. The van der Waals surface area contributed by atoms with Crippen molar-refractivity contribution in [3.63, 3.8) is 0 Å². The summed E-state index contributed by atoms with van der Waals surface area (Å²) in [4.78, 5) is 17.1. The largest absolute Gasteiger partial charge is 0.507 e. The summed E-state index contributed by atoms with van der Waals surface area (Å²) in [6, 6.07) is 1.15. The lowest BCUT2D eigenvalue weighted by atomic mass is 9.84. The van der Waals surface area contributed by atoms with E-state index in [2.05, 4.69) is 9.80 Å². The van der Waals surface area contributed by atoms with Crippen LogP contribution < -0.4 is 0 Å². The van der Waals surface area contributed by atoms with Crippen LogP contribution in [0.3, 0.4) is 0 Å². The fourth-order valence-electron chi connectivity index (χ4n) is 4.26. The molecule has 2 fully saturated rings. The molecule has 2 saturated heterocycles. The van der Waals surface area contributed by atoms with E-state index in [9.17, 15) is 30.3 Å². The molecule has 1 aromatic carbocycles. The van der Waals surface area contributed by atoms with Crippen LogP contribution in [0.25, 0.3) is 0 Å². The Morgan fingerprint density at radius 1 is 1.10 bits per heavy atom. The van der Waals surface area contributed by atoms with Crippen LogP contribution in [0.1, 0.15) is 27.6 Å². The summed E-state index contributed by atoms with van der Waals surface area (Å²) in [5, 5.41) is 50.8. The lowest BCUT2D eigenvalue weighted by Gasteiger charge is -2.45. The van der Waals surface area contributed by atoms with E-state index >= 15 is 0 Å². The molecule has 0 aromatic heterocycles. The number of carbonyl (C=O) groups is 1. The molecule has 0 spiro atoms. The number of aliphatic hydroxyl groups excluding tert-OH is 3. The third kappa shape index (κ3) is 3.45. The lowest BCUT2D eigenvalue weighted by Crippen LogP contribution is -2.58. The highest BCUT2D eigenvalue weighted by molar-refractivity contribution is 5.96. The normalized spacial score (nSPS) is 33.1. The van der Waals surface area contributed by atoms with Gasteiger partial charge in [-0.1, -0.05) is 0 Å². The Labute approximate surface area is 167 Å². The summed E-state index contributed by atoms with van der Waals surface area (Å²) in [6.07, 6.45) is -6.35. The summed E-state index contributed by atoms with van der Waals surface area (Å²) >= 11 is 0. The number of hydrogen-bond donors (Lipinski definition) is 5. The van der Waals surface area contributed by atoms with E-state index in [0.29, 0.717) is 5.56 Å². The number of esters is 1. The number of aromatic hydroxyl groups is 2. The van der Waals surface area contributed by atoms with E-state index in [0.717, 1.165) is 32.2 Å². The molecule has 0 saturated carbocycles. The molecule has 0 aliphatic carbocycles. The molecule has 5 N–H and O–H groups in total. The number of nitrogens with zero attached hydrogens (tertiary/aromatic N) is 2. The third-order valence-corrected chi connectivity index (χ3v) is 6.01. The standard InChI is InChI=1S/C19H26N2O8/c1-20-2-4-21(5-3-20)7-9-10(23)6-11(24)14-13(9)19(27)29-18-16(26)15(25)12(8-22)28-17(14)18/h6,12,15-18,22-26H,2-5,7-8H2,1H3/t12-,15-,16+,17+,18-/m1/s1. The first kappa shape index (κ1) is 20.3. The highest BCUT2D eigenvalue weighted by atomic mass is 16.6. The summed E-state index contributed by atoms with van der Waals surface area (Å²) in [5.74, 6) is -1.41. The first-order valence-electron chi connectivity index (χ1n) is 9.63. The number of ether oxygens (including phenoxy) is 2. The molecule has 0 amide bonds. The number of fused-ring (bicyclic) bond motifs is 3. The third-order valence-electron chi connectivity index (χ3n) is 6.01. The van der Waals surface area contributed by atoms with Gasteiger partial charge >= 0.3 is 5.97 Å². The van der Waals surface area contributed by atoms with Crippen LogP contribution in [0.4, 0.5) is 0 Å². The van der Waals surface area contributed by atoms with Crippen LogP contribution in [0.2, 0.25) is 0 Å². The first-order valence-corrected chi connectivity index (χ1v) is 9.63. The van der Waals surface area contributed by atoms with Crippen molar-refractivity contribution in [1.29, 1.82) is 0 Å². The minimum Gasteiger partial charge on any atom is -0.507 e. The van der Waals surface area contributed by atoms with Gasteiger partial charge in [-0.2, -0.15) is 0 Å². The molecule has 0 bridgehead atoms. The lowest BCUT2D eigenvalue weighted by molar-refractivity contribution is -0.235. The number of rotatable bonds is 3. The maximum absolute atomic E-state index is 12.8. The van der Waals surface area contributed by atoms with E-state index in [1.54, 1.807) is 0 Å². The molecule has 10 nitrogen and oxygen atoms in total. The minimum absolute atomic E-state index is 0.00274. The van der Waals surface area contributed by atoms with Gasteiger partial charge < -0.3 is 39.9 Å². The van der Waals surface area contributed by atoms with Crippen molar-refractivity contribution in [2.24, 2.45) is 0 Å². The Kier molecular flexibility index (Phi) is 5.40. The van der Waals surface area contributed by atoms with Gasteiger partial charge in [-0.25, -0.2) is 4.79 Å². The smallest absolute Gasteiger partial charge is 0.339 e. The van der Waals surface area contributed by atoms with Crippen LogP contribution in [-0.4, -0.2) is 106 Å². The average molecular weight is 410 g/mol. The van der Waals surface area contributed by atoms with E-state index in [-0.39, 0.29) is 29.2 Å². The summed E-state index contributed by atoms with van der Waals surface area (Å²) in [6.45, 7) is 2.92.